The van der Waals surface area contributed by atoms with Crippen LogP contribution >= 0.6 is 0 Å². The van der Waals surface area contributed by atoms with Crippen LogP contribution in [-0.4, -0.2) is 59.5 Å². The predicted molar refractivity (Wildman–Crippen MR) is 143 cm³/mol. The minimum absolute atomic E-state index is 0.0952. The van der Waals surface area contributed by atoms with Gasteiger partial charge in [-0.15, -0.1) is 0 Å². The average molecular weight is 504 g/mol. The van der Waals surface area contributed by atoms with Gasteiger partial charge in [0.15, 0.2) is 0 Å². The number of hydrogen-bond donors (Lipinski definition) is 2. The molecule has 2 aromatic carbocycles. The van der Waals surface area contributed by atoms with Crippen LogP contribution in [0.15, 0.2) is 65.5 Å². The summed E-state index contributed by atoms with van der Waals surface area (Å²) in [5.41, 5.74) is 3.15. The number of likely N-dealkylation sites (tertiary alicyclic amines) is 1. The first-order valence-corrected chi connectivity index (χ1v) is 12.7. The van der Waals surface area contributed by atoms with Gasteiger partial charge in [0.2, 0.25) is 0 Å². The molecule has 1 aliphatic rings. The minimum atomic E-state index is -0.531. The first kappa shape index (κ1) is 26.1. The van der Waals surface area contributed by atoms with Gasteiger partial charge in [-0.1, -0.05) is 24.3 Å². The first-order chi connectivity index (χ1) is 18.0. The number of rotatable bonds is 10. The van der Waals surface area contributed by atoms with Gasteiger partial charge in [-0.3, -0.25) is 14.9 Å². The summed E-state index contributed by atoms with van der Waals surface area (Å²) in [7, 11) is 0. The van der Waals surface area contributed by atoms with E-state index in [2.05, 4.69) is 20.6 Å². The van der Waals surface area contributed by atoms with Crippen molar-refractivity contribution in [2.24, 2.45) is 0 Å². The van der Waals surface area contributed by atoms with Gasteiger partial charge in [0.05, 0.1) is 18.8 Å². The molecule has 4 rings (SSSR count). The molecule has 2 amide bonds. The fourth-order valence-corrected chi connectivity index (χ4v) is 4.33. The molecule has 0 atom stereocenters. The van der Waals surface area contributed by atoms with Crippen molar-refractivity contribution in [2.75, 3.05) is 38.1 Å². The number of amides is 2. The van der Waals surface area contributed by atoms with Crippen molar-refractivity contribution in [3.8, 4) is 11.3 Å². The Kier molecular flexibility index (Phi) is 9.04. The van der Waals surface area contributed by atoms with E-state index in [9.17, 15) is 14.4 Å². The number of hydrogen-bond acceptors (Lipinski definition) is 6. The Bertz CT molecular complexity index is 1270. The second-order valence-corrected chi connectivity index (χ2v) is 9.00. The lowest BCUT2D eigenvalue weighted by Crippen LogP contribution is -2.28. The van der Waals surface area contributed by atoms with Gasteiger partial charge in [-0.2, -0.15) is 5.10 Å². The van der Waals surface area contributed by atoms with Crippen LogP contribution in [0.5, 0.6) is 0 Å². The van der Waals surface area contributed by atoms with Crippen LogP contribution in [-0.2, 0) is 11.3 Å². The van der Waals surface area contributed by atoms with Crippen molar-refractivity contribution in [1.82, 2.24) is 20.0 Å². The maximum Gasteiger partial charge on any atom is 0.411 e. The molecule has 0 aliphatic carbocycles. The molecular weight excluding hydrogens is 470 g/mol. The van der Waals surface area contributed by atoms with E-state index in [1.165, 1.54) is 23.6 Å². The highest BCUT2D eigenvalue weighted by molar-refractivity contribution is 5.94. The van der Waals surface area contributed by atoms with E-state index < -0.39 is 6.09 Å². The molecule has 37 heavy (non-hydrogen) atoms. The summed E-state index contributed by atoms with van der Waals surface area (Å²) in [4.78, 5) is 39.1. The maximum absolute atomic E-state index is 12.5. The highest BCUT2D eigenvalue weighted by Gasteiger charge is 2.12. The van der Waals surface area contributed by atoms with Gasteiger partial charge in [0.1, 0.15) is 0 Å². The molecule has 2 heterocycles. The summed E-state index contributed by atoms with van der Waals surface area (Å²) < 4.78 is 6.28. The van der Waals surface area contributed by atoms with Crippen molar-refractivity contribution >= 4 is 17.7 Å². The topological polar surface area (TPSA) is 106 Å². The van der Waals surface area contributed by atoms with E-state index in [1.54, 1.807) is 43.3 Å². The summed E-state index contributed by atoms with van der Waals surface area (Å²) in [6, 6.07) is 17.5. The summed E-state index contributed by atoms with van der Waals surface area (Å²) >= 11 is 0. The highest BCUT2D eigenvalue weighted by atomic mass is 16.5. The molecule has 9 heteroatoms. The third kappa shape index (κ3) is 7.50. The van der Waals surface area contributed by atoms with Crippen LogP contribution in [0.25, 0.3) is 11.3 Å². The Morgan fingerprint density at radius 3 is 2.57 bits per heavy atom. The van der Waals surface area contributed by atoms with Gasteiger partial charge < -0.3 is 15.0 Å². The van der Waals surface area contributed by atoms with E-state index in [-0.39, 0.29) is 24.6 Å². The first-order valence-electron chi connectivity index (χ1n) is 12.7. The maximum atomic E-state index is 12.5. The molecule has 0 bridgehead atoms. The van der Waals surface area contributed by atoms with E-state index in [0.717, 1.165) is 37.2 Å². The summed E-state index contributed by atoms with van der Waals surface area (Å²) in [5.74, 6) is -0.0952. The Morgan fingerprint density at radius 1 is 1.03 bits per heavy atom. The molecule has 0 saturated carbocycles. The largest absolute Gasteiger partial charge is 0.450 e. The zero-order chi connectivity index (χ0) is 26.0. The molecule has 1 aromatic heterocycles. The Hall–Kier alpha value is -3.98. The second kappa shape index (κ2) is 12.8. The van der Waals surface area contributed by atoms with Crippen molar-refractivity contribution in [3.05, 3.63) is 82.1 Å². The van der Waals surface area contributed by atoms with E-state index in [0.29, 0.717) is 23.5 Å². The quantitative estimate of drug-likeness (QED) is 0.409. The van der Waals surface area contributed by atoms with E-state index >= 15 is 0 Å². The van der Waals surface area contributed by atoms with Crippen LogP contribution < -0.4 is 16.2 Å². The second-order valence-electron chi connectivity index (χ2n) is 9.00. The van der Waals surface area contributed by atoms with Crippen LogP contribution in [0.1, 0.15) is 42.1 Å². The molecule has 1 fully saturated rings. The molecule has 0 unspecified atom stereocenters. The van der Waals surface area contributed by atoms with Crippen LogP contribution in [0.4, 0.5) is 10.5 Å². The lowest BCUT2D eigenvalue weighted by molar-refractivity contribution is 0.0952. The lowest BCUT2D eigenvalue weighted by atomic mass is 10.1. The standard InChI is InChI=1S/C28H33N5O4/c1-2-37-28(36)30-24-8-5-7-21(19-24)20-33-26(34)14-13-25(31-33)22-9-11-23(12-10-22)27(35)29-15-6-18-32-16-3-4-17-32/h5,7-14,19H,2-4,6,15-18,20H2,1H3,(H,29,35)(H,30,36). The number of aromatic nitrogens is 2. The van der Waals surface area contributed by atoms with Crippen LogP contribution in [0, 0.1) is 0 Å². The van der Waals surface area contributed by atoms with Crippen LogP contribution in [0.2, 0.25) is 0 Å². The van der Waals surface area contributed by atoms with Gasteiger partial charge in [-0.05, 0) is 81.7 Å². The molecule has 1 aliphatic heterocycles. The third-order valence-electron chi connectivity index (χ3n) is 6.23. The molecule has 9 nitrogen and oxygen atoms in total. The van der Waals surface area contributed by atoms with Gasteiger partial charge in [0, 0.05) is 29.4 Å². The fourth-order valence-electron chi connectivity index (χ4n) is 4.33. The normalized spacial score (nSPS) is 13.3. The molecule has 1 saturated heterocycles. The zero-order valence-corrected chi connectivity index (χ0v) is 21.1. The Morgan fingerprint density at radius 2 is 1.81 bits per heavy atom. The number of ether oxygens (including phenoxy) is 1. The third-order valence-corrected chi connectivity index (χ3v) is 6.23. The van der Waals surface area contributed by atoms with Crippen molar-refractivity contribution in [1.29, 1.82) is 0 Å². The summed E-state index contributed by atoms with van der Waals surface area (Å²) in [6.07, 6.45) is 2.95. The number of benzene rings is 2. The summed E-state index contributed by atoms with van der Waals surface area (Å²) in [6.45, 7) is 6.25. The predicted octanol–water partition coefficient (Wildman–Crippen LogP) is 3.74. The Balaban J connectivity index is 1.37. The summed E-state index contributed by atoms with van der Waals surface area (Å²) in [5, 5.41) is 10.2. The number of anilines is 1. The lowest BCUT2D eigenvalue weighted by Gasteiger charge is -2.14. The van der Waals surface area contributed by atoms with Gasteiger partial charge in [-0.25, -0.2) is 9.48 Å². The van der Waals surface area contributed by atoms with Gasteiger partial charge >= 0.3 is 6.09 Å². The zero-order valence-electron chi connectivity index (χ0n) is 21.1. The molecule has 3 aromatic rings. The van der Waals surface area contributed by atoms with Crippen LogP contribution in [0.3, 0.4) is 0 Å². The fraction of sp³-hybridized carbons (Fsp3) is 0.357. The molecule has 0 radical (unpaired) electrons. The number of carbonyl (C=O) groups is 2. The van der Waals surface area contributed by atoms with E-state index in [4.69, 9.17) is 4.74 Å². The van der Waals surface area contributed by atoms with Crippen molar-refractivity contribution in [3.63, 3.8) is 0 Å². The number of nitrogens with one attached hydrogen (secondary N) is 2. The van der Waals surface area contributed by atoms with E-state index in [1.807, 2.05) is 18.2 Å². The van der Waals surface area contributed by atoms with Gasteiger partial charge in [0.25, 0.3) is 11.5 Å². The average Bonchev–Trinajstić information content (AvgIpc) is 3.42. The Labute approximate surface area is 216 Å². The SMILES string of the molecule is CCOC(=O)Nc1cccc(Cn2nc(-c3ccc(C(=O)NCCCN4CCCC4)cc3)ccc2=O)c1. The molecule has 194 valence electrons. The number of carbonyl (C=O) groups excluding carboxylic acids is 2. The molecule has 2 N–H and O–H groups in total. The molecular formula is C28H33N5O4. The van der Waals surface area contributed by atoms with Crippen molar-refractivity contribution < 1.29 is 14.3 Å². The van der Waals surface area contributed by atoms with Crippen molar-refractivity contribution in [2.45, 2.75) is 32.7 Å². The molecule has 0 spiro atoms. The smallest absolute Gasteiger partial charge is 0.411 e. The highest BCUT2D eigenvalue weighted by Crippen LogP contribution is 2.17. The monoisotopic (exact) mass is 503 g/mol. The number of nitrogens with zero attached hydrogens (tertiary/aromatic N) is 3. The minimum Gasteiger partial charge on any atom is -0.450 e.